The summed E-state index contributed by atoms with van der Waals surface area (Å²) in [6, 6.07) is -0.630. The second-order valence-electron chi connectivity index (χ2n) is 7.97. The first-order valence-electron chi connectivity index (χ1n) is 10.4. The molecule has 0 fully saturated rings. The molecule has 0 heterocycles. The van der Waals surface area contributed by atoms with E-state index in [0.29, 0.717) is 18.9 Å². The van der Waals surface area contributed by atoms with Crippen LogP contribution in [0, 0.1) is 29.1 Å². The SMILES string of the molecule is CC(C)O[Si](CCCCNC(=O)Nc1c(F)c(F)c(F)c(F)c1F)(OC(C)C)OC(C)C. The van der Waals surface area contributed by atoms with Gasteiger partial charge in [0.1, 0.15) is 5.69 Å². The van der Waals surface area contributed by atoms with Crippen molar-refractivity contribution >= 4 is 20.5 Å². The minimum Gasteiger partial charge on any atom is -0.371 e. The Hall–Kier alpha value is -1.76. The van der Waals surface area contributed by atoms with Crippen LogP contribution in [0.5, 0.6) is 0 Å². The van der Waals surface area contributed by atoms with Crippen LogP contribution >= 0.6 is 0 Å². The van der Waals surface area contributed by atoms with E-state index in [-0.39, 0.29) is 24.9 Å². The van der Waals surface area contributed by atoms with E-state index < -0.39 is 49.6 Å². The Balaban J connectivity index is 2.67. The minimum atomic E-state index is -3.00. The van der Waals surface area contributed by atoms with Gasteiger partial charge in [-0.15, -0.1) is 0 Å². The summed E-state index contributed by atoms with van der Waals surface area (Å²) in [6.45, 7) is 11.3. The number of rotatable bonds is 12. The monoisotopic (exact) mass is 486 g/mol. The summed E-state index contributed by atoms with van der Waals surface area (Å²) in [5.74, 6) is -10.8. The molecule has 0 bridgehead atoms. The number of halogens is 5. The summed E-state index contributed by atoms with van der Waals surface area (Å²) >= 11 is 0. The first kappa shape index (κ1) is 28.3. The van der Waals surface area contributed by atoms with Gasteiger partial charge in [0.25, 0.3) is 0 Å². The standard InChI is InChI=1S/C20H31F5N2O4Si/c1-11(2)29-32(30-12(3)4,31-13(5)6)10-8-7-9-26-20(28)27-19-17(24)15(22)14(21)16(23)18(19)25/h11-13H,7-10H2,1-6H3,(H2,26,27,28). The summed E-state index contributed by atoms with van der Waals surface area (Å²) < 4.78 is 84.9. The van der Waals surface area contributed by atoms with Crippen LogP contribution < -0.4 is 10.6 Å². The fraction of sp³-hybridized carbons (Fsp3) is 0.650. The average molecular weight is 487 g/mol. The second-order valence-corrected chi connectivity index (χ2v) is 10.5. The highest BCUT2D eigenvalue weighted by Gasteiger charge is 2.43. The highest BCUT2D eigenvalue weighted by molar-refractivity contribution is 6.60. The van der Waals surface area contributed by atoms with E-state index in [4.69, 9.17) is 13.3 Å². The predicted octanol–water partition coefficient (Wildman–Crippen LogP) is 5.50. The summed E-state index contributed by atoms with van der Waals surface area (Å²) in [5, 5.41) is 3.98. The predicted molar refractivity (Wildman–Crippen MR) is 112 cm³/mol. The first-order chi connectivity index (χ1) is 14.8. The molecule has 0 aromatic heterocycles. The van der Waals surface area contributed by atoms with Gasteiger partial charge >= 0.3 is 14.8 Å². The lowest BCUT2D eigenvalue weighted by Crippen LogP contribution is -2.50. The molecule has 0 spiro atoms. The normalized spacial score (nSPS) is 12.2. The number of hydrogen-bond acceptors (Lipinski definition) is 4. The van der Waals surface area contributed by atoms with E-state index in [1.165, 1.54) is 0 Å². The van der Waals surface area contributed by atoms with E-state index in [0.717, 1.165) is 0 Å². The van der Waals surface area contributed by atoms with E-state index in [1.807, 2.05) is 41.5 Å². The van der Waals surface area contributed by atoms with Crippen molar-refractivity contribution < 1.29 is 40.0 Å². The smallest absolute Gasteiger partial charge is 0.371 e. The average Bonchev–Trinajstić information content (AvgIpc) is 2.66. The van der Waals surface area contributed by atoms with Crippen molar-refractivity contribution in [3.8, 4) is 0 Å². The Bertz CT molecular complexity index is 725. The number of carbonyl (C=O) groups is 1. The number of amides is 2. The first-order valence-corrected chi connectivity index (χ1v) is 12.3. The van der Waals surface area contributed by atoms with Crippen molar-refractivity contribution in [2.75, 3.05) is 11.9 Å². The van der Waals surface area contributed by atoms with Crippen LogP contribution in [0.1, 0.15) is 54.4 Å². The third-order valence-electron chi connectivity index (χ3n) is 3.89. The quantitative estimate of drug-likeness (QED) is 0.135. The number of urea groups is 1. The fourth-order valence-electron chi connectivity index (χ4n) is 2.88. The van der Waals surface area contributed by atoms with Crippen LogP contribution in [0.25, 0.3) is 0 Å². The van der Waals surface area contributed by atoms with Crippen molar-refractivity contribution in [1.29, 1.82) is 0 Å². The Morgan fingerprint density at radius 1 is 0.750 bits per heavy atom. The van der Waals surface area contributed by atoms with Gasteiger partial charge in [0.15, 0.2) is 23.3 Å². The van der Waals surface area contributed by atoms with E-state index >= 15 is 0 Å². The third-order valence-corrected chi connectivity index (χ3v) is 7.35. The lowest BCUT2D eigenvalue weighted by molar-refractivity contribution is 0.00283. The Morgan fingerprint density at radius 2 is 1.16 bits per heavy atom. The Labute approximate surface area is 186 Å². The maximum atomic E-state index is 13.6. The van der Waals surface area contributed by atoms with Gasteiger partial charge in [0, 0.05) is 30.9 Å². The van der Waals surface area contributed by atoms with Gasteiger partial charge in [-0.25, -0.2) is 26.7 Å². The molecular weight excluding hydrogens is 455 g/mol. The van der Waals surface area contributed by atoms with Crippen molar-refractivity contribution in [3.63, 3.8) is 0 Å². The molecule has 0 saturated carbocycles. The molecule has 32 heavy (non-hydrogen) atoms. The second kappa shape index (κ2) is 12.5. The van der Waals surface area contributed by atoms with E-state index in [9.17, 15) is 26.7 Å². The Morgan fingerprint density at radius 3 is 1.56 bits per heavy atom. The van der Waals surface area contributed by atoms with Crippen LogP contribution in [0.15, 0.2) is 0 Å². The van der Waals surface area contributed by atoms with Gasteiger partial charge in [-0.3, -0.25) is 0 Å². The molecule has 1 rings (SSSR count). The third kappa shape index (κ3) is 8.30. The van der Waals surface area contributed by atoms with Gasteiger partial charge in [-0.1, -0.05) is 0 Å². The summed E-state index contributed by atoms with van der Waals surface area (Å²) in [4.78, 5) is 11.9. The molecule has 6 nitrogen and oxygen atoms in total. The van der Waals surface area contributed by atoms with Crippen molar-refractivity contribution in [2.45, 2.75) is 78.7 Å². The molecule has 0 radical (unpaired) electrons. The maximum absolute atomic E-state index is 13.6. The van der Waals surface area contributed by atoms with Gasteiger partial charge in [-0.2, -0.15) is 0 Å². The molecule has 2 N–H and O–H groups in total. The van der Waals surface area contributed by atoms with Gasteiger partial charge in [0.2, 0.25) is 5.82 Å². The highest BCUT2D eigenvalue weighted by atomic mass is 28.4. The molecule has 1 aromatic rings. The zero-order chi connectivity index (χ0) is 24.6. The number of hydrogen-bond donors (Lipinski definition) is 2. The fourth-order valence-corrected chi connectivity index (χ4v) is 6.24. The summed E-state index contributed by atoms with van der Waals surface area (Å²) in [7, 11) is -3.00. The zero-order valence-electron chi connectivity index (χ0n) is 19.1. The zero-order valence-corrected chi connectivity index (χ0v) is 20.1. The van der Waals surface area contributed by atoms with Crippen LogP contribution in [0.4, 0.5) is 32.4 Å². The maximum Gasteiger partial charge on any atom is 0.501 e. The molecule has 184 valence electrons. The van der Waals surface area contributed by atoms with E-state index in [1.54, 1.807) is 5.32 Å². The molecule has 12 heteroatoms. The van der Waals surface area contributed by atoms with Crippen LogP contribution in [0.2, 0.25) is 6.04 Å². The molecule has 2 amide bonds. The minimum absolute atomic E-state index is 0.0801. The van der Waals surface area contributed by atoms with Gasteiger partial charge < -0.3 is 23.9 Å². The van der Waals surface area contributed by atoms with Crippen LogP contribution in [-0.4, -0.2) is 39.7 Å². The number of anilines is 1. The van der Waals surface area contributed by atoms with Crippen LogP contribution in [0.3, 0.4) is 0 Å². The van der Waals surface area contributed by atoms with Crippen molar-refractivity contribution in [2.24, 2.45) is 0 Å². The van der Waals surface area contributed by atoms with Crippen molar-refractivity contribution in [3.05, 3.63) is 29.1 Å². The lowest BCUT2D eigenvalue weighted by Gasteiger charge is -2.34. The molecule has 1 aromatic carbocycles. The molecule has 0 atom stereocenters. The lowest BCUT2D eigenvalue weighted by atomic mass is 10.2. The highest BCUT2D eigenvalue weighted by Crippen LogP contribution is 2.27. The van der Waals surface area contributed by atoms with Crippen molar-refractivity contribution in [1.82, 2.24) is 5.32 Å². The van der Waals surface area contributed by atoms with Gasteiger partial charge in [-0.05, 0) is 54.4 Å². The molecule has 0 saturated heterocycles. The topological polar surface area (TPSA) is 68.8 Å². The number of unbranched alkanes of at least 4 members (excludes halogenated alkanes) is 1. The molecule has 0 aliphatic carbocycles. The summed E-state index contributed by atoms with van der Waals surface area (Å²) in [5.41, 5.74) is -1.41. The molecule has 0 aliphatic heterocycles. The number of carbonyl (C=O) groups excluding carboxylic acids is 1. The molecule has 0 unspecified atom stereocenters. The summed E-state index contributed by atoms with van der Waals surface area (Å²) in [6.07, 6.45) is 0.614. The molecule has 0 aliphatic rings. The Kier molecular flexibility index (Phi) is 11.0. The molecular formula is C20H31F5N2O4Si. The van der Waals surface area contributed by atoms with Crippen LogP contribution in [-0.2, 0) is 13.3 Å². The van der Waals surface area contributed by atoms with Gasteiger partial charge in [0.05, 0.1) is 0 Å². The number of benzene rings is 1. The number of nitrogens with one attached hydrogen (secondary N) is 2. The largest absolute Gasteiger partial charge is 0.501 e. The van der Waals surface area contributed by atoms with E-state index in [2.05, 4.69) is 5.32 Å².